The average Bonchev–Trinajstić information content (AvgIpc) is 2.66. The molecule has 0 aromatic rings. The Morgan fingerprint density at radius 2 is 2.12 bits per heavy atom. The van der Waals surface area contributed by atoms with Crippen LogP contribution in [0.25, 0.3) is 0 Å². The fourth-order valence-electron chi connectivity index (χ4n) is 3.36. The van der Waals surface area contributed by atoms with Crippen LogP contribution in [0.15, 0.2) is 89.7 Å². The largest absolute Gasteiger partial charge is 0.266 e. The van der Waals surface area contributed by atoms with Gasteiger partial charge in [0.1, 0.15) is 0 Å². The molecule has 0 fully saturated rings. The molecule has 0 saturated carbocycles. The van der Waals surface area contributed by atoms with Gasteiger partial charge >= 0.3 is 0 Å². The summed E-state index contributed by atoms with van der Waals surface area (Å²) in [7, 11) is 0. The Hall–Kier alpha value is -2.15. The van der Waals surface area contributed by atoms with Gasteiger partial charge in [-0.2, -0.15) is 0 Å². The van der Waals surface area contributed by atoms with Gasteiger partial charge in [0.2, 0.25) is 0 Å². The van der Waals surface area contributed by atoms with Crippen molar-refractivity contribution in [3.05, 3.63) is 84.7 Å². The van der Waals surface area contributed by atoms with Crippen LogP contribution in [-0.2, 0) is 0 Å². The smallest absolute Gasteiger partial charge is 0.0443 e. The maximum atomic E-state index is 4.52. The maximum Gasteiger partial charge on any atom is 0.0443 e. The molecule has 0 bridgehead atoms. The van der Waals surface area contributed by atoms with E-state index in [4.69, 9.17) is 0 Å². The molecule has 26 heavy (non-hydrogen) atoms. The highest BCUT2D eigenvalue weighted by atomic mass is 14.7. The number of aliphatic imine (C=N–C) groups is 1. The third-order valence-corrected chi connectivity index (χ3v) is 5.08. The third-order valence-electron chi connectivity index (χ3n) is 5.08. The number of allylic oxidation sites excluding steroid dienone is 11. The Morgan fingerprint density at radius 3 is 2.73 bits per heavy atom. The van der Waals surface area contributed by atoms with E-state index in [1.165, 1.54) is 5.57 Å². The lowest BCUT2D eigenvalue weighted by Crippen LogP contribution is -2.28. The highest BCUT2D eigenvalue weighted by molar-refractivity contribution is 5.56. The van der Waals surface area contributed by atoms with Crippen molar-refractivity contribution in [2.24, 2.45) is 16.3 Å². The van der Waals surface area contributed by atoms with E-state index in [9.17, 15) is 0 Å². The van der Waals surface area contributed by atoms with Crippen LogP contribution in [0.2, 0.25) is 0 Å². The molecule has 2 atom stereocenters. The van der Waals surface area contributed by atoms with E-state index in [1.807, 2.05) is 31.4 Å². The molecule has 0 spiro atoms. The lowest BCUT2D eigenvalue weighted by Gasteiger charge is -2.38. The molecule has 0 N–H and O–H groups in total. The van der Waals surface area contributed by atoms with E-state index in [-0.39, 0.29) is 5.41 Å². The first kappa shape index (κ1) is 21.9. The van der Waals surface area contributed by atoms with Crippen molar-refractivity contribution in [2.45, 2.75) is 53.4 Å². The maximum absolute atomic E-state index is 4.52. The highest BCUT2D eigenvalue weighted by Gasteiger charge is 2.33. The molecule has 0 aliphatic heterocycles. The summed E-state index contributed by atoms with van der Waals surface area (Å²) in [5.74, 6) is 0.461. The van der Waals surface area contributed by atoms with Crippen LogP contribution in [0.4, 0.5) is 0 Å². The second-order valence-electron chi connectivity index (χ2n) is 6.95. The van der Waals surface area contributed by atoms with E-state index in [1.54, 1.807) is 6.08 Å². The van der Waals surface area contributed by atoms with Crippen LogP contribution in [-0.4, -0.2) is 6.21 Å². The van der Waals surface area contributed by atoms with Crippen LogP contribution in [0.5, 0.6) is 0 Å². The van der Waals surface area contributed by atoms with E-state index >= 15 is 0 Å². The standard InChI is InChI=1S/C25H35N/c1-7-11-13-16-22(26-10-4)20-21(5)23-17-14-15-18-24(23)25(6,9-3)19-12-8-2/h7,10-17,19,24H,1,5,8-9,18,20H2,2-4,6H3/b13-11-,19-12?,22-16+,26-10?. The first-order valence-electron chi connectivity index (χ1n) is 9.71. The minimum absolute atomic E-state index is 0.149. The summed E-state index contributed by atoms with van der Waals surface area (Å²) in [6.07, 6.45) is 25.0. The molecule has 1 aliphatic carbocycles. The number of rotatable bonds is 10. The zero-order valence-corrected chi connectivity index (χ0v) is 17.0. The summed E-state index contributed by atoms with van der Waals surface area (Å²) in [4.78, 5) is 4.52. The quantitative estimate of drug-likeness (QED) is 0.219. The van der Waals surface area contributed by atoms with Crippen LogP contribution < -0.4 is 0 Å². The zero-order chi connectivity index (χ0) is 19.4. The molecule has 2 unspecified atom stereocenters. The Kier molecular flexibility index (Phi) is 9.65. The third kappa shape index (κ3) is 6.29. The summed E-state index contributed by atoms with van der Waals surface area (Å²) in [6.45, 7) is 16.9. The molecule has 0 amide bonds. The fourth-order valence-corrected chi connectivity index (χ4v) is 3.36. The minimum Gasteiger partial charge on any atom is -0.266 e. The highest BCUT2D eigenvalue weighted by Crippen LogP contribution is 2.44. The Balaban J connectivity index is 3.10. The van der Waals surface area contributed by atoms with E-state index in [0.717, 1.165) is 37.0 Å². The Morgan fingerprint density at radius 1 is 1.35 bits per heavy atom. The van der Waals surface area contributed by atoms with Crippen molar-refractivity contribution < 1.29 is 0 Å². The van der Waals surface area contributed by atoms with Gasteiger partial charge in [-0.15, -0.1) is 0 Å². The summed E-state index contributed by atoms with van der Waals surface area (Å²) in [5, 5.41) is 0. The minimum atomic E-state index is 0.149. The van der Waals surface area contributed by atoms with Gasteiger partial charge in [0.25, 0.3) is 0 Å². The number of hydrogen-bond acceptors (Lipinski definition) is 1. The normalized spacial score (nSPS) is 20.7. The predicted molar refractivity (Wildman–Crippen MR) is 119 cm³/mol. The first-order chi connectivity index (χ1) is 12.5. The van der Waals surface area contributed by atoms with Gasteiger partial charge < -0.3 is 0 Å². The Bertz CT molecular complexity index is 652. The van der Waals surface area contributed by atoms with Gasteiger partial charge in [0, 0.05) is 18.3 Å². The van der Waals surface area contributed by atoms with E-state index < -0.39 is 0 Å². The Labute approximate surface area is 161 Å². The van der Waals surface area contributed by atoms with Crippen molar-refractivity contribution in [3.8, 4) is 0 Å². The number of hydrogen-bond donors (Lipinski definition) is 0. The van der Waals surface area contributed by atoms with Crippen LogP contribution in [0, 0.1) is 11.3 Å². The molecule has 140 valence electrons. The van der Waals surface area contributed by atoms with Crippen molar-refractivity contribution >= 4 is 6.21 Å². The van der Waals surface area contributed by atoms with E-state index in [0.29, 0.717) is 5.92 Å². The molecule has 0 saturated heterocycles. The second-order valence-corrected chi connectivity index (χ2v) is 6.95. The lowest BCUT2D eigenvalue weighted by molar-refractivity contribution is 0.284. The monoisotopic (exact) mass is 349 g/mol. The zero-order valence-electron chi connectivity index (χ0n) is 17.0. The van der Waals surface area contributed by atoms with Crippen molar-refractivity contribution in [3.63, 3.8) is 0 Å². The summed E-state index contributed by atoms with van der Waals surface area (Å²) in [5.41, 5.74) is 3.69. The van der Waals surface area contributed by atoms with Gasteiger partial charge in [-0.25, -0.2) is 0 Å². The second kappa shape index (κ2) is 11.5. The molecule has 0 aromatic heterocycles. The molecule has 1 aliphatic rings. The lowest BCUT2D eigenvalue weighted by atomic mass is 9.66. The molecular formula is C25H35N. The molecule has 1 heteroatoms. The van der Waals surface area contributed by atoms with Gasteiger partial charge in [-0.1, -0.05) is 82.5 Å². The van der Waals surface area contributed by atoms with Crippen molar-refractivity contribution in [1.82, 2.24) is 0 Å². The number of nitrogens with zero attached hydrogens (tertiary/aromatic N) is 1. The molecule has 1 nitrogen and oxygen atoms in total. The molecule has 0 aromatic carbocycles. The molecule has 0 radical (unpaired) electrons. The molecule has 1 rings (SSSR count). The molecule has 0 heterocycles. The fraction of sp³-hybridized carbons (Fsp3) is 0.400. The summed E-state index contributed by atoms with van der Waals surface area (Å²) < 4.78 is 0. The van der Waals surface area contributed by atoms with Crippen molar-refractivity contribution in [1.29, 1.82) is 0 Å². The van der Waals surface area contributed by atoms with Crippen LogP contribution >= 0.6 is 0 Å². The average molecular weight is 350 g/mol. The van der Waals surface area contributed by atoms with Crippen LogP contribution in [0.1, 0.15) is 53.4 Å². The van der Waals surface area contributed by atoms with Crippen LogP contribution in [0.3, 0.4) is 0 Å². The topological polar surface area (TPSA) is 12.4 Å². The SMILES string of the molecule is C=C/C=C\C=C(/CC(=C)C1=CC=CCC1C(C)(C=CCC)CC)N=CC. The van der Waals surface area contributed by atoms with Crippen molar-refractivity contribution in [2.75, 3.05) is 0 Å². The predicted octanol–water partition coefficient (Wildman–Crippen LogP) is 7.53. The van der Waals surface area contributed by atoms with Gasteiger partial charge in [-0.3, -0.25) is 4.99 Å². The summed E-state index contributed by atoms with van der Waals surface area (Å²) in [6, 6.07) is 0. The van der Waals surface area contributed by atoms with Gasteiger partial charge in [0.15, 0.2) is 0 Å². The first-order valence-corrected chi connectivity index (χ1v) is 9.71. The summed E-state index contributed by atoms with van der Waals surface area (Å²) >= 11 is 0. The van der Waals surface area contributed by atoms with Gasteiger partial charge in [0.05, 0.1) is 0 Å². The van der Waals surface area contributed by atoms with Gasteiger partial charge in [-0.05, 0) is 54.7 Å². The van der Waals surface area contributed by atoms with E-state index in [2.05, 4.69) is 69.3 Å². The molecular weight excluding hydrogens is 314 g/mol.